The molecule has 0 fully saturated rings. The molecule has 0 spiro atoms. The number of H-pyrrole nitrogens is 1. The number of thioether (sulfide) groups is 1. The van der Waals surface area contributed by atoms with Gasteiger partial charge < -0.3 is 4.98 Å². The van der Waals surface area contributed by atoms with E-state index in [-0.39, 0.29) is 17.3 Å². The number of carbonyl (C=O) groups is 2. The normalized spacial score (nSPS) is 11.2. The van der Waals surface area contributed by atoms with Crippen LogP contribution in [0, 0.1) is 27.7 Å². The molecule has 0 unspecified atom stereocenters. The second-order valence-corrected chi connectivity index (χ2v) is 6.99. The van der Waals surface area contributed by atoms with Gasteiger partial charge in [0.25, 0.3) is 5.78 Å². The molecule has 0 aromatic carbocycles. The van der Waals surface area contributed by atoms with Gasteiger partial charge in [-0.15, -0.1) is 10.2 Å². The van der Waals surface area contributed by atoms with Crippen molar-refractivity contribution in [3.05, 3.63) is 40.0 Å². The molecular formula is C17H19N5O2S. The average molecular weight is 357 g/mol. The van der Waals surface area contributed by atoms with Crippen molar-refractivity contribution in [3.63, 3.8) is 0 Å². The van der Waals surface area contributed by atoms with Crippen molar-refractivity contribution in [1.82, 2.24) is 24.6 Å². The minimum Gasteiger partial charge on any atom is -0.355 e. The second-order valence-electron chi connectivity index (χ2n) is 6.05. The van der Waals surface area contributed by atoms with E-state index in [1.165, 1.54) is 18.7 Å². The molecule has 0 aliphatic rings. The van der Waals surface area contributed by atoms with E-state index in [0.717, 1.165) is 17.1 Å². The third-order valence-corrected chi connectivity index (χ3v) is 4.99. The lowest BCUT2D eigenvalue weighted by Gasteiger charge is -2.04. The summed E-state index contributed by atoms with van der Waals surface area (Å²) < 4.78 is 1.83. The quantitative estimate of drug-likeness (QED) is 0.557. The molecular weight excluding hydrogens is 338 g/mol. The molecule has 0 aliphatic carbocycles. The zero-order chi connectivity index (χ0) is 18.3. The largest absolute Gasteiger partial charge is 0.355 e. The second kappa shape index (κ2) is 6.44. The Bertz CT molecular complexity index is 1000. The Morgan fingerprint density at radius 1 is 1.20 bits per heavy atom. The zero-order valence-corrected chi connectivity index (χ0v) is 15.6. The zero-order valence-electron chi connectivity index (χ0n) is 14.8. The summed E-state index contributed by atoms with van der Waals surface area (Å²) in [7, 11) is 0. The van der Waals surface area contributed by atoms with Gasteiger partial charge >= 0.3 is 0 Å². The summed E-state index contributed by atoms with van der Waals surface area (Å²) in [5.41, 5.74) is 4.34. The lowest BCUT2D eigenvalue weighted by Crippen LogP contribution is -2.06. The van der Waals surface area contributed by atoms with Crippen molar-refractivity contribution in [2.75, 3.05) is 5.75 Å². The van der Waals surface area contributed by atoms with Gasteiger partial charge in [-0.05, 0) is 46.2 Å². The summed E-state index contributed by atoms with van der Waals surface area (Å²) in [4.78, 5) is 31.7. The summed E-state index contributed by atoms with van der Waals surface area (Å²) in [6.45, 7) is 8.96. The fourth-order valence-corrected chi connectivity index (χ4v) is 3.91. The number of ketones is 2. The molecule has 0 amide bonds. The van der Waals surface area contributed by atoms with Gasteiger partial charge in [0.05, 0.1) is 11.4 Å². The smallest absolute Gasteiger partial charge is 0.256 e. The van der Waals surface area contributed by atoms with Crippen LogP contribution < -0.4 is 0 Å². The Balaban J connectivity index is 1.84. The summed E-state index contributed by atoms with van der Waals surface area (Å²) in [5.74, 6) is 0.607. The summed E-state index contributed by atoms with van der Waals surface area (Å²) >= 11 is 1.31. The number of fused-ring (bicyclic) bond motifs is 1. The van der Waals surface area contributed by atoms with Crippen LogP contribution in [0.4, 0.5) is 0 Å². The molecule has 25 heavy (non-hydrogen) atoms. The fraction of sp³-hybridized carbons (Fsp3) is 0.353. The van der Waals surface area contributed by atoms with Gasteiger partial charge in [0.15, 0.2) is 16.7 Å². The van der Waals surface area contributed by atoms with E-state index in [1.54, 1.807) is 13.8 Å². The van der Waals surface area contributed by atoms with E-state index in [4.69, 9.17) is 0 Å². The number of aromatic amines is 1. The van der Waals surface area contributed by atoms with Crippen LogP contribution in [0.3, 0.4) is 0 Å². The van der Waals surface area contributed by atoms with Crippen molar-refractivity contribution in [1.29, 1.82) is 0 Å². The molecule has 0 aliphatic heterocycles. The highest BCUT2D eigenvalue weighted by atomic mass is 32.2. The Kier molecular flexibility index (Phi) is 4.47. The molecule has 1 N–H and O–H groups in total. The molecule has 3 rings (SSSR count). The number of hydrogen-bond donors (Lipinski definition) is 1. The van der Waals surface area contributed by atoms with Crippen LogP contribution >= 0.6 is 11.8 Å². The molecule has 7 nitrogen and oxygen atoms in total. The Morgan fingerprint density at radius 2 is 1.92 bits per heavy atom. The highest BCUT2D eigenvalue weighted by Crippen LogP contribution is 2.23. The number of Topliss-reactive ketones (excluding diaryl/α,β-unsaturated/α-hetero) is 2. The SMILES string of the molecule is CC(=O)c1c(C)[nH]c(C(=O)CSc2nnc3nc(C)cc(C)n23)c1C. The van der Waals surface area contributed by atoms with Crippen molar-refractivity contribution in [2.24, 2.45) is 0 Å². The number of rotatable bonds is 5. The first-order chi connectivity index (χ1) is 11.8. The minimum atomic E-state index is -0.0763. The van der Waals surface area contributed by atoms with Crippen LogP contribution in [0.15, 0.2) is 11.2 Å². The van der Waals surface area contributed by atoms with Gasteiger partial charge in [0, 0.05) is 22.6 Å². The third-order valence-electron chi connectivity index (χ3n) is 4.06. The van der Waals surface area contributed by atoms with Crippen LogP contribution in [0.2, 0.25) is 0 Å². The van der Waals surface area contributed by atoms with E-state index >= 15 is 0 Å². The predicted molar refractivity (Wildman–Crippen MR) is 95.6 cm³/mol. The molecule has 0 saturated heterocycles. The highest BCUT2D eigenvalue weighted by molar-refractivity contribution is 7.99. The Labute approximate surface area is 149 Å². The first-order valence-electron chi connectivity index (χ1n) is 7.85. The maximum atomic E-state index is 12.6. The Hall–Kier alpha value is -2.48. The maximum absolute atomic E-state index is 12.6. The summed E-state index contributed by atoms with van der Waals surface area (Å²) in [6.07, 6.45) is 0. The molecule has 3 aromatic heterocycles. The van der Waals surface area contributed by atoms with E-state index in [9.17, 15) is 9.59 Å². The number of hydrogen-bond acceptors (Lipinski definition) is 6. The van der Waals surface area contributed by atoms with Gasteiger partial charge in [-0.3, -0.25) is 14.0 Å². The molecule has 0 radical (unpaired) electrons. The molecule has 0 saturated carbocycles. The average Bonchev–Trinajstić information content (AvgIpc) is 3.05. The number of aryl methyl sites for hydroxylation is 3. The van der Waals surface area contributed by atoms with Gasteiger partial charge in [0.2, 0.25) is 0 Å². The van der Waals surface area contributed by atoms with Crippen molar-refractivity contribution in [3.8, 4) is 0 Å². The van der Waals surface area contributed by atoms with Crippen molar-refractivity contribution >= 4 is 29.1 Å². The highest BCUT2D eigenvalue weighted by Gasteiger charge is 2.20. The topological polar surface area (TPSA) is 93.0 Å². The van der Waals surface area contributed by atoms with Gasteiger partial charge in [-0.25, -0.2) is 4.98 Å². The number of nitrogens with one attached hydrogen (secondary N) is 1. The Morgan fingerprint density at radius 3 is 2.56 bits per heavy atom. The lowest BCUT2D eigenvalue weighted by molar-refractivity contribution is 0.101. The van der Waals surface area contributed by atoms with Crippen molar-refractivity contribution in [2.45, 2.75) is 39.8 Å². The summed E-state index contributed by atoms with van der Waals surface area (Å²) in [5, 5.41) is 8.83. The molecule has 3 aromatic rings. The molecule has 8 heteroatoms. The number of nitrogens with zero attached hydrogens (tertiary/aromatic N) is 4. The third kappa shape index (κ3) is 3.09. The van der Waals surface area contributed by atoms with E-state index in [1.807, 2.05) is 24.3 Å². The van der Waals surface area contributed by atoms with Gasteiger partial charge in [-0.2, -0.15) is 0 Å². The van der Waals surface area contributed by atoms with Crippen molar-refractivity contribution < 1.29 is 9.59 Å². The minimum absolute atomic E-state index is 0.0431. The molecule has 3 heterocycles. The van der Waals surface area contributed by atoms with Crippen LogP contribution in [-0.4, -0.2) is 41.9 Å². The monoisotopic (exact) mass is 357 g/mol. The van der Waals surface area contributed by atoms with Crippen LogP contribution in [-0.2, 0) is 0 Å². The molecule has 130 valence electrons. The molecule has 0 bridgehead atoms. The predicted octanol–water partition coefficient (Wildman–Crippen LogP) is 2.86. The van der Waals surface area contributed by atoms with Gasteiger partial charge in [-0.1, -0.05) is 11.8 Å². The fourth-order valence-electron chi connectivity index (χ4n) is 3.05. The van der Waals surface area contributed by atoms with Crippen LogP contribution in [0.1, 0.15) is 50.4 Å². The van der Waals surface area contributed by atoms with Crippen LogP contribution in [0.5, 0.6) is 0 Å². The lowest BCUT2D eigenvalue weighted by atomic mass is 10.1. The standard InChI is InChI=1S/C17H19N5O2S/c1-8-6-9(2)22-16(18-8)20-21-17(22)25-7-13(24)15-10(3)14(12(5)23)11(4)19-15/h6,19H,7H2,1-5H3. The number of aromatic nitrogens is 5. The van der Waals surface area contributed by atoms with E-state index < -0.39 is 0 Å². The van der Waals surface area contributed by atoms with Gasteiger partial charge in [0.1, 0.15) is 0 Å². The summed E-state index contributed by atoms with van der Waals surface area (Å²) in [6, 6.07) is 1.94. The molecule has 0 atom stereocenters. The van der Waals surface area contributed by atoms with E-state index in [2.05, 4.69) is 20.2 Å². The van der Waals surface area contributed by atoms with Crippen LogP contribution in [0.25, 0.3) is 5.78 Å². The first-order valence-corrected chi connectivity index (χ1v) is 8.83. The maximum Gasteiger partial charge on any atom is 0.256 e. The number of carbonyl (C=O) groups excluding carboxylic acids is 2. The van der Waals surface area contributed by atoms with E-state index in [0.29, 0.717) is 27.8 Å². The first kappa shape index (κ1) is 17.3.